The molecular formula is C15H19NO5. The summed E-state index contributed by atoms with van der Waals surface area (Å²) in [5.41, 5.74) is 1.09. The van der Waals surface area contributed by atoms with Gasteiger partial charge in [-0.25, -0.2) is 0 Å². The van der Waals surface area contributed by atoms with Crippen molar-refractivity contribution in [3.63, 3.8) is 0 Å². The number of ether oxygens (including phenoxy) is 1. The van der Waals surface area contributed by atoms with Gasteiger partial charge in [0.1, 0.15) is 5.75 Å². The van der Waals surface area contributed by atoms with Crippen LogP contribution in [0.1, 0.15) is 36.2 Å². The minimum absolute atomic E-state index is 0.0221. The maximum absolute atomic E-state index is 11.9. The van der Waals surface area contributed by atoms with Gasteiger partial charge in [-0.1, -0.05) is 0 Å². The van der Waals surface area contributed by atoms with E-state index in [0.717, 1.165) is 0 Å². The van der Waals surface area contributed by atoms with Crippen LogP contribution in [-0.2, 0) is 16.0 Å². The van der Waals surface area contributed by atoms with Crippen molar-refractivity contribution in [1.82, 2.24) is 5.32 Å². The number of carboxylic acids is 1. The van der Waals surface area contributed by atoms with Crippen molar-refractivity contribution in [3.8, 4) is 5.75 Å². The van der Waals surface area contributed by atoms with Crippen molar-refractivity contribution in [2.24, 2.45) is 0 Å². The quantitative estimate of drug-likeness (QED) is 0.742. The van der Waals surface area contributed by atoms with Crippen LogP contribution in [0.4, 0.5) is 0 Å². The highest BCUT2D eigenvalue weighted by molar-refractivity contribution is 5.94. The Bertz CT molecular complexity index is 553. The van der Waals surface area contributed by atoms with Crippen molar-refractivity contribution in [2.75, 3.05) is 7.11 Å². The first kappa shape index (κ1) is 16.7. The maximum Gasteiger partial charge on any atom is 0.305 e. The molecule has 2 N–H and O–H groups in total. The Morgan fingerprint density at radius 3 is 2.52 bits per heavy atom. The van der Waals surface area contributed by atoms with Gasteiger partial charge in [-0.3, -0.25) is 14.4 Å². The zero-order chi connectivity index (χ0) is 16.0. The molecule has 1 atom stereocenters. The number of hydrogen-bond acceptors (Lipinski definition) is 4. The third-order valence-electron chi connectivity index (χ3n) is 2.93. The first-order chi connectivity index (χ1) is 9.83. The van der Waals surface area contributed by atoms with Crippen LogP contribution in [0, 0.1) is 0 Å². The highest BCUT2D eigenvalue weighted by Gasteiger charge is 2.14. The van der Waals surface area contributed by atoms with Crippen LogP contribution in [0.3, 0.4) is 0 Å². The Morgan fingerprint density at radius 2 is 2.00 bits per heavy atom. The summed E-state index contributed by atoms with van der Waals surface area (Å²) in [6, 6.07) is 4.43. The lowest BCUT2D eigenvalue weighted by Crippen LogP contribution is -2.35. The zero-order valence-electron chi connectivity index (χ0n) is 12.3. The molecule has 1 aromatic carbocycles. The number of Topliss-reactive ketones (excluding diaryl/α,β-unsaturated/α-hetero) is 1. The number of methoxy groups -OCH3 is 1. The fraction of sp³-hybridized carbons (Fsp3) is 0.400. The van der Waals surface area contributed by atoms with Gasteiger partial charge in [0.2, 0.25) is 5.91 Å². The van der Waals surface area contributed by atoms with Crippen molar-refractivity contribution in [2.45, 2.75) is 32.7 Å². The highest BCUT2D eigenvalue weighted by Crippen LogP contribution is 2.21. The van der Waals surface area contributed by atoms with Gasteiger partial charge in [0.15, 0.2) is 5.78 Å². The summed E-state index contributed by atoms with van der Waals surface area (Å²) >= 11 is 0. The van der Waals surface area contributed by atoms with Gasteiger partial charge >= 0.3 is 5.97 Å². The van der Waals surface area contributed by atoms with Gasteiger partial charge in [0.25, 0.3) is 0 Å². The lowest BCUT2D eigenvalue weighted by molar-refractivity contribution is -0.137. The molecule has 0 aliphatic heterocycles. The largest absolute Gasteiger partial charge is 0.496 e. The Morgan fingerprint density at radius 1 is 1.33 bits per heavy atom. The van der Waals surface area contributed by atoms with E-state index in [-0.39, 0.29) is 24.5 Å². The number of aliphatic carboxylic acids is 1. The van der Waals surface area contributed by atoms with E-state index in [1.54, 1.807) is 25.1 Å². The first-order valence-electron chi connectivity index (χ1n) is 6.52. The van der Waals surface area contributed by atoms with E-state index in [4.69, 9.17) is 9.84 Å². The number of amides is 1. The molecule has 0 saturated heterocycles. The van der Waals surface area contributed by atoms with Crippen LogP contribution in [0.2, 0.25) is 0 Å². The highest BCUT2D eigenvalue weighted by atomic mass is 16.5. The van der Waals surface area contributed by atoms with Crippen LogP contribution >= 0.6 is 0 Å². The molecule has 0 aromatic heterocycles. The Kier molecular flexibility index (Phi) is 5.90. The maximum atomic E-state index is 11.9. The second kappa shape index (κ2) is 7.42. The summed E-state index contributed by atoms with van der Waals surface area (Å²) in [4.78, 5) is 33.8. The number of hydrogen-bond donors (Lipinski definition) is 2. The molecule has 21 heavy (non-hydrogen) atoms. The molecule has 1 aromatic rings. The second-order valence-corrected chi connectivity index (χ2v) is 4.83. The third kappa shape index (κ3) is 5.25. The Balaban J connectivity index is 2.80. The van der Waals surface area contributed by atoms with E-state index >= 15 is 0 Å². The molecule has 0 radical (unpaired) electrons. The summed E-state index contributed by atoms with van der Waals surface area (Å²) in [5.74, 6) is -0.874. The fourth-order valence-electron chi connectivity index (χ4n) is 1.95. The van der Waals surface area contributed by atoms with Crippen LogP contribution in [0.15, 0.2) is 18.2 Å². The van der Waals surface area contributed by atoms with Crippen LogP contribution in [-0.4, -0.2) is 35.9 Å². The summed E-state index contributed by atoms with van der Waals surface area (Å²) in [7, 11) is 1.48. The van der Waals surface area contributed by atoms with Gasteiger partial charge in [-0.05, 0) is 32.0 Å². The zero-order valence-corrected chi connectivity index (χ0v) is 12.3. The molecule has 0 spiro atoms. The monoisotopic (exact) mass is 293 g/mol. The first-order valence-corrected chi connectivity index (χ1v) is 6.52. The predicted octanol–water partition coefficient (Wildman–Crippen LogP) is 1.42. The van der Waals surface area contributed by atoms with E-state index in [0.29, 0.717) is 16.9 Å². The lowest BCUT2D eigenvalue weighted by atomic mass is 10.0. The minimum Gasteiger partial charge on any atom is -0.496 e. The molecule has 6 heteroatoms. The number of ketones is 1. The van der Waals surface area contributed by atoms with E-state index in [2.05, 4.69) is 5.32 Å². The lowest BCUT2D eigenvalue weighted by Gasteiger charge is -2.13. The standard InChI is InChI=1S/C15H19NO5/c1-9(6-15(19)20)16-14(18)8-12-7-11(10(2)17)4-5-13(12)21-3/h4-5,7,9H,6,8H2,1-3H3,(H,16,18)(H,19,20). The Hall–Kier alpha value is -2.37. The molecule has 0 heterocycles. The SMILES string of the molecule is COc1ccc(C(C)=O)cc1CC(=O)NC(C)CC(=O)O. The molecule has 0 bridgehead atoms. The molecule has 0 fully saturated rings. The van der Waals surface area contributed by atoms with Crippen LogP contribution < -0.4 is 10.1 Å². The molecule has 114 valence electrons. The smallest absolute Gasteiger partial charge is 0.305 e. The average molecular weight is 293 g/mol. The Labute approximate surface area is 123 Å². The number of benzene rings is 1. The third-order valence-corrected chi connectivity index (χ3v) is 2.93. The number of carbonyl (C=O) groups is 3. The minimum atomic E-state index is -0.973. The van der Waals surface area contributed by atoms with Crippen LogP contribution in [0.5, 0.6) is 5.75 Å². The van der Waals surface area contributed by atoms with Gasteiger partial charge in [0.05, 0.1) is 20.0 Å². The molecular weight excluding hydrogens is 274 g/mol. The van der Waals surface area contributed by atoms with Crippen LogP contribution in [0.25, 0.3) is 0 Å². The second-order valence-electron chi connectivity index (χ2n) is 4.83. The summed E-state index contributed by atoms with van der Waals surface area (Å²) in [6.07, 6.45) is -0.120. The summed E-state index contributed by atoms with van der Waals surface area (Å²) < 4.78 is 5.17. The van der Waals surface area contributed by atoms with Gasteiger partial charge < -0.3 is 15.2 Å². The molecule has 0 saturated carbocycles. The normalized spacial score (nSPS) is 11.6. The van der Waals surface area contributed by atoms with Crippen molar-refractivity contribution in [1.29, 1.82) is 0 Å². The van der Waals surface area contributed by atoms with Crippen molar-refractivity contribution < 1.29 is 24.2 Å². The summed E-state index contributed by atoms with van der Waals surface area (Å²) in [6.45, 7) is 3.07. The molecule has 6 nitrogen and oxygen atoms in total. The van der Waals surface area contributed by atoms with E-state index in [1.807, 2.05) is 0 Å². The predicted molar refractivity (Wildman–Crippen MR) is 76.6 cm³/mol. The number of carboxylic acid groups (broad SMARTS) is 1. The number of carbonyl (C=O) groups excluding carboxylic acids is 2. The number of nitrogens with one attached hydrogen (secondary N) is 1. The number of rotatable bonds is 7. The molecule has 1 rings (SSSR count). The molecule has 0 aliphatic rings. The van der Waals surface area contributed by atoms with Crippen molar-refractivity contribution in [3.05, 3.63) is 29.3 Å². The fourth-order valence-corrected chi connectivity index (χ4v) is 1.95. The van der Waals surface area contributed by atoms with Gasteiger partial charge in [-0.15, -0.1) is 0 Å². The summed E-state index contributed by atoms with van der Waals surface area (Å²) in [5, 5.41) is 11.3. The topological polar surface area (TPSA) is 92.7 Å². The van der Waals surface area contributed by atoms with E-state index in [9.17, 15) is 14.4 Å². The van der Waals surface area contributed by atoms with E-state index in [1.165, 1.54) is 14.0 Å². The van der Waals surface area contributed by atoms with E-state index < -0.39 is 12.0 Å². The molecule has 0 aliphatic carbocycles. The van der Waals surface area contributed by atoms with Gasteiger partial charge in [-0.2, -0.15) is 0 Å². The average Bonchev–Trinajstić information content (AvgIpc) is 2.37. The molecule has 1 unspecified atom stereocenters. The molecule has 1 amide bonds. The van der Waals surface area contributed by atoms with Crippen molar-refractivity contribution >= 4 is 17.7 Å². The van der Waals surface area contributed by atoms with Gasteiger partial charge in [0, 0.05) is 17.2 Å².